The Morgan fingerprint density at radius 2 is 1.87 bits per heavy atom. The number of nitrogens with zero attached hydrogens (tertiary/aromatic N) is 1. The van der Waals surface area contributed by atoms with Gasteiger partial charge in [0.25, 0.3) is 0 Å². The minimum Gasteiger partial charge on any atom is -0.426 e. The molecule has 0 aliphatic carbocycles. The molecule has 1 aromatic rings. The van der Waals surface area contributed by atoms with Crippen LogP contribution >= 0.6 is 11.8 Å². The quantitative estimate of drug-likeness (QED) is 0.121. The van der Waals surface area contributed by atoms with Crippen LogP contribution in [0.2, 0.25) is 0 Å². The Morgan fingerprint density at radius 3 is 2.42 bits per heavy atom. The molecule has 0 spiro atoms. The van der Waals surface area contributed by atoms with Crippen molar-refractivity contribution in [1.82, 2.24) is 25.9 Å². The van der Waals surface area contributed by atoms with Crippen molar-refractivity contribution in [2.75, 3.05) is 18.6 Å². The molecule has 1 aromatic heterocycles. The zero-order chi connectivity index (χ0) is 23.2. The lowest BCUT2D eigenvalue weighted by molar-refractivity contribution is -0.132. The largest absolute Gasteiger partial charge is 0.475 e. The van der Waals surface area contributed by atoms with Crippen molar-refractivity contribution in [2.45, 2.75) is 57.1 Å². The number of rotatable bonds is 15. The number of hydrogen-bond acceptors (Lipinski definition) is 8. The number of imidazole rings is 1. The zero-order valence-electron chi connectivity index (χ0n) is 18.0. The van der Waals surface area contributed by atoms with Gasteiger partial charge in [0.1, 0.15) is 12.1 Å². The average molecular weight is 456 g/mol. The van der Waals surface area contributed by atoms with Crippen LogP contribution in [0.15, 0.2) is 12.5 Å². The molecular weight excluding hydrogens is 423 g/mol. The number of aromatic nitrogens is 2. The summed E-state index contributed by atoms with van der Waals surface area (Å²) >= 11 is 1.52. The molecule has 0 aliphatic rings. The molecule has 0 fully saturated rings. The molecule has 0 unspecified atom stereocenters. The molecule has 174 valence electrons. The van der Waals surface area contributed by atoms with Gasteiger partial charge in [0.15, 0.2) is 0 Å². The second kappa shape index (κ2) is 14.8. The number of hydrogen-bond donors (Lipinski definition) is 7. The molecule has 1 rings (SSSR count). The van der Waals surface area contributed by atoms with Gasteiger partial charge in [-0.05, 0) is 44.2 Å². The predicted molar refractivity (Wildman–Crippen MR) is 120 cm³/mol. The summed E-state index contributed by atoms with van der Waals surface area (Å²) in [6, 6.07) is -1.81. The van der Waals surface area contributed by atoms with Crippen molar-refractivity contribution in [3.63, 3.8) is 0 Å². The average Bonchev–Trinajstić information content (AvgIpc) is 3.22. The fraction of sp³-hybridized carbons (Fsp3) is 0.667. The van der Waals surface area contributed by atoms with E-state index in [9.17, 15) is 24.4 Å². The molecule has 0 aromatic carbocycles. The van der Waals surface area contributed by atoms with Gasteiger partial charge in [-0.15, -0.1) is 0 Å². The van der Waals surface area contributed by atoms with E-state index in [2.05, 4.69) is 25.9 Å². The molecule has 31 heavy (non-hydrogen) atoms. The molecular formula is C18H33BN6O5S. The number of thioether (sulfide) groups is 1. The monoisotopic (exact) mass is 456 g/mol. The maximum atomic E-state index is 12.9. The summed E-state index contributed by atoms with van der Waals surface area (Å²) in [4.78, 5) is 44.1. The van der Waals surface area contributed by atoms with Crippen molar-refractivity contribution in [3.05, 3.63) is 18.2 Å². The second-order valence-electron chi connectivity index (χ2n) is 7.19. The van der Waals surface area contributed by atoms with Crippen molar-refractivity contribution in [2.24, 2.45) is 5.73 Å². The fourth-order valence-electron chi connectivity index (χ4n) is 2.93. The van der Waals surface area contributed by atoms with E-state index < -0.39 is 37.0 Å². The van der Waals surface area contributed by atoms with E-state index in [1.807, 2.05) is 6.26 Å². The van der Waals surface area contributed by atoms with Crippen LogP contribution in [0.4, 0.5) is 0 Å². The van der Waals surface area contributed by atoms with Crippen LogP contribution in [0.3, 0.4) is 0 Å². The van der Waals surface area contributed by atoms with Crippen LogP contribution in [-0.4, -0.2) is 81.4 Å². The summed E-state index contributed by atoms with van der Waals surface area (Å²) in [5.41, 5.74) is 6.18. The maximum Gasteiger partial charge on any atom is 0.475 e. The van der Waals surface area contributed by atoms with Crippen LogP contribution in [0.25, 0.3) is 0 Å². The number of nitrogens with two attached hydrogens (primary N) is 1. The number of carbonyl (C=O) groups is 3. The van der Waals surface area contributed by atoms with Gasteiger partial charge in [0, 0.05) is 25.2 Å². The van der Waals surface area contributed by atoms with Crippen molar-refractivity contribution in [1.29, 1.82) is 0 Å². The first-order valence-electron chi connectivity index (χ1n) is 10.2. The zero-order valence-corrected chi connectivity index (χ0v) is 18.8. The number of carbonyl (C=O) groups excluding carboxylic acids is 3. The van der Waals surface area contributed by atoms with Gasteiger partial charge in [0.2, 0.25) is 17.7 Å². The molecule has 0 radical (unpaired) electrons. The molecule has 0 aliphatic heterocycles. The Hall–Kier alpha value is -2.09. The summed E-state index contributed by atoms with van der Waals surface area (Å²) in [6.45, 7) is 1.75. The Balaban J connectivity index is 2.89. The first kappa shape index (κ1) is 26.9. The second-order valence-corrected chi connectivity index (χ2v) is 8.18. The Kier molecular flexibility index (Phi) is 12.9. The predicted octanol–water partition coefficient (Wildman–Crippen LogP) is -1.68. The minimum atomic E-state index is -1.72. The highest BCUT2D eigenvalue weighted by Crippen LogP contribution is 2.07. The summed E-state index contributed by atoms with van der Waals surface area (Å²) in [7, 11) is -1.72. The highest BCUT2D eigenvalue weighted by Gasteiger charge is 2.30. The van der Waals surface area contributed by atoms with Crippen LogP contribution in [0.1, 0.15) is 38.3 Å². The van der Waals surface area contributed by atoms with Gasteiger partial charge >= 0.3 is 7.12 Å². The fourth-order valence-corrected chi connectivity index (χ4v) is 3.42. The standard InChI is InChI=1S/C18H33BN6O5S/c1-12(26)23-15(9-13-10-21-11-22-13)18(28)24-14(5-3-4-7-20)17(27)25-16(19(29)30)6-8-31-2/h10-11,14-16,29-30H,3-9,20H2,1-2H3,(H,21,22)(H,23,26)(H,24,28)(H,25,27)/t14-,15-,16-/m0/s1. The summed E-state index contributed by atoms with van der Waals surface area (Å²) in [5.74, 6) is -1.66. The van der Waals surface area contributed by atoms with Crippen molar-refractivity contribution >= 4 is 36.6 Å². The molecule has 11 nitrogen and oxygen atoms in total. The normalized spacial score (nSPS) is 13.7. The number of unbranched alkanes of at least 4 members (excludes halogenated alkanes) is 1. The Labute approximate surface area is 186 Å². The van der Waals surface area contributed by atoms with E-state index in [0.717, 1.165) is 0 Å². The van der Waals surface area contributed by atoms with E-state index in [0.29, 0.717) is 43.7 Å². The summed E-state index contributed by atoms with van der Waals surface area (Å²) in [6.07, 6.45) is 7.01. The van der Waals surface area contributed by atoms with Crippen molar-refractivity contribution < 1.29 is 24.4 Å². The van der Waals surface area contributed by atoms with Crippen LogP contribution < -0.4 is 21.7 Å². The molecule has 0 saturated heterocycles. The molecule has 3 atom stereocenters. The van der Waals surface area contributed by atoms with E-state index in [-0.39, 0.29) is 12.3 Å². The van der Waals surface area contributed by atoms with Gasteiger partial charge in [0.05, 0.1) is 12.3 Å². The molecule has 1 heterocycles. The van der Waals surface area contributed by atoms with Crippen LogP contribution in [0.5, 0.6) is 0 Å². The third kappa shape index (κ3) is 10.7. The number of nitrogens with one attached hydrogen (secondary N) is 4. The van der Waals surface area contributed by atoms with Gasteiger partial charge < -0.3 is 36.7 Å². The Morgan fingerprint density at radius 1 is 1.16 bits per heavy atom. The highest BCUT2D eigenvalue weighted by molar-refractivity contribution is 7.98. The first-order valence-corrected chi connectivity index (χ1v) is 11.6. The van der Waals surface area contributed by atoms with E-state index in [1.54, 1.807) is 6.20 Å². The number of aromatic amines is 1. The Bertz CT molecular complexity index is 678. The third-order valence-electron chi connectivity index (χ3n) is 4.57. The SMILES string of the molecule is CSCC[C@H](NC(=O)[C@H](CCCCN)NC(=O)[C@H](Cc1cnc[nH]1)NC(C)=O)B(O)O. The number of amides is 3. The smallest absolute Gasteiger partial charge is 0.426 e. The van der Waals surface area contributed by atoms with Crippen LogP contribution in [0, 0.1) is 0 Å². The molecule has 3 amide bonds. The summed E-state index contributed by atoms with van der Waals surface area (Å²) < 4.78 is 0. The lowest BCUT2D eigenvalue weighted by atomic mass is 9.77. The minimum absolute atomic E-state index is 0.175. The molecule has 8 N–H and O–H groups in total. The molecule has 0 bridgehead atoms. The van der Waals surface area contributed by atoms with Gasteiger partial charge in [-0.3, -0.25) is 14.4 Å². The third-order valence-corrected chi connectivity index (χ3v) is 5.22. The van der Waals surface area contributed by atoms with E-state index in [4.69, 9.17) is 5.73 Å². The molecule has 13 heteroatoms. The van der Waals surface area contributed by atoms with Gasteiger partial charge in [-0.2, -0.15) is 11.8 Å². The highest BCUT2D eigenvalue weighted by atomic mass is 32.2. The lowest BCUT2D eigenvalue weighted by Crippen LogP contribution is -2.57. The van der Waals surface area contributed by atoms with E-state index >= 15 is 0 Å². The van der Waals surface area contributed by atoms with Gasteiger partial charge in [-0.1, -0.05) is 0 Å². The topological polar surface area (TPSA) is 182 Å². The van der Waals surface area contributed by atoms with E-state index in [1.165, 1.54) is 25.0 Å². The number of H-pyrrole nitrogens is 1. The maximum absolute atomic E-state index is 12.9. The molecule has 0 saturated carbocycles. The van der Waals surface area contributed by atoms with Crippen molar-refractivity contribution in [3.8, 4) is 0 Å². The summed E-state index contributed by atoms with van der Waals surface area (Å²) in [5, 5.41) is 27.0. The van der Waals surface area contributed by atoms with Gasteiger partial charge in [-0.25, -0.2) is 4.98 Å². The first-order chi connectivity index (χ1) is 14.8. The lowest BCUT2D eigenvalue weighted by Gasteiger charge is -2.25. The van der Waals surface area contributed by atoms with Crippen LogP contribution in [-0.2, 0) is 20.8 Å².